The highest BCUT2D eigenvalue weighted by molar-refractivity contribution is 6.36. The fourth-order valence-corrected chi connectivity index (χ4v) is 2.12. The molecule has 0 fully saturated rings. The van der Waals surface area contributed by atoms with Gasteiger partial charge >= 0.3 is 0 Å². The summed E-state index contributed by atoms with van der Waals surface area (Å²) < 4.78 is 18.9. The second-order valence-electron chi connectivity index (χ2n) is 4.21. The maximum Gasteiger partial charge on any atom is 0.240 e. The molecule has 1 N–H and O–H groups in total. The number of pyridine rings is 1. The summed E-state index contributed by atoms with van der Waals surface area (Å²) in [5.74, 6) is 0.271. The zero-order valence-corrected chi connectivity index (χ0v) is 13.4. The molecule has 0 unspecified atom stereocenters. The lowest BCUT2D eigenvalue weighted by atomic mass is 10.3. The number of aromatic nitrogens is 1. The van der Waals surface area contributed by atoms with Gasteiger partial charge in [0.05, 0.1) is 10.0 Å². The van der Waals surface area contributed by atoms with Crippen LogP contribution in [0.4, 0.5) is 10.2 Å². The van der Waals surface area contributed by atoms with Crippen LogP contribution in [-0.4, -0.2) is 11.5 Å². The maximum absolute atomic E-state index is 13.4. The Bertz CT molecular complexity index is 652. The normalized spacial score (nSPS) is 10.5. The van der Waals surface area contributed by atoms with Crippen molar-refractivity contribution in [1.82, 2.24) is 4.98 Å². The molecule has 0 amide bonds. The number of rotatable bonds is 5. The molecule has 1 aromatic carbocycles. The molecule has 0 spiro atoms. The van der Waals surface area contributed by atoms with Gasteiger partial charge in [0.1, 0.15) is 22.4 Å². The quantitative estimate of drug-likeness (QED) is 0.741. The van der Waals surface area contributed by atoms with Crippen LogP contribution in [0, 0.1) is 5.82 Å². The Morgan fingerprint density at radius 1 is 1.14 bits per heavy atom. The molecule has 0 aliphatic heterocycles. The monoisotopic (exact) mass is 348 g/mol. The van der Waals surface area contributed by atoms with Gasteiger partial charge in [-0.2, -0.15) is 4.98 Å². The van der Waals surface area contributed by atoms with Crippen LogP contribution in [0.1, 0.15) is 13.3 Å². The summed E-state index contributed by atoms with van der Waals surface area (Å²) in [5.41, 5.74) is 0. The molecular formula is C14H12Cl3FN2O. The molecule has 0 aliphatic rings. The van der Waals surface area contributed by atoms with Gasteiger partial charge in [-0.3, -0.25) is 0 Å². The van der Waals surface area contributed by atoms with Crippen molar-refractivity contribution in [2.24, 2.45) is 0 Å². The van der Waals surface area contributed by atoms with E-state index in [1.165, 1.54) is 18.2 Å². The minimum Gasteiger partial charge on any atom is -0.437 e. The van der Waals surface area contributed by atoms with E-state index < -0.39 is 5.82 Å². The number of halogens is 4. The number of ether oxygens (including phenoxy) is 1. The highest BCUT2D eigenvalue weighted by Crippen LogP contribution is 2.34. The van der Waals surface area contributed by atoms with E-state index in [1.807, 2.05) is 6.92 Å². The third kappa shape index (κ3) is 4.13. The summed E-state index contributed by atoms with van der Waals surface area (Å²) in [6, 6.07) is 5.60. The maximum atomic E-state index is 13.4. The van der Waals surface area contributed by atoms with Crippen LogP contribution in [0.3, 0.4) is 0 Å². The van der Waals surface area contributed by atoms with E-state index in [0.29, 0.717) is 17.4 Å². The molecule has 0 saturated carbocycles. The lowest BCUT2D eigenvalue weighted by molar-refractivity contribution is 0.459. The van der Waals surface area contributed by atoms with Crippen LogP contribution in [0.2, 0.25) is 15.1 Å². The predicted molar refractivity (Wildman–Crippen MR) is 84.5 cm³/mol. The van der Waals surface area contributed by atoms with Gasteiger partial charge in [-0.1, -0.05) is 41.7 Å². The standard InChI is InChI=1S/C14H12Cl3FN2O/c1-2-5-19-13-10(16)7-11(17)14(20-13)21-8-3-4-9(15)12(18)6-8/h3-4,6-7H,2,5H2,1H3,(H,19,20). The summed E-state index contributed by atoms with van der Waals surface area (Å²) in [6.07, 6.45) is 0.916. The molecule has 7 heteroatoms. The largest absolute Gasteiger partial charge is 0.437 e. The molecule has 0 aliphatic carbocycles. The molecule has 2 aromatic rings. The number of nitrogens with one attached hydrogen (secondary N) is 1. The number of hydrogen-bond donors (Lipinski definition) is 1. The molecule has 21 heavy (non-hydrogen) atoms. The first-order chi connectivity index (χ1) is 10.0. The van der Waals surface area contributed by atoms with Crippen molar-refractivity contribution < 1.29 is 9.13 Å². The van der Waals surface area contributed by atoms with Crippen LogP contribution in [0.5, 0.6) is 11.6 Å². The fourth-order valence-electron chi connectivity index (χ4n) is 1.54. The van der Waals surface area contributed by atoms with Crippen molar-refractivity contribution >= 4 is 40.6 Å². The smallest absolute Gasteiger partial charge is 0.240 e. The van der Waals surface area contributed by atoms with Crippen molar-refractivity contribution in [3.8, 4) is 11.6 Å². The van der Waals surface area contributed by atoms with E-state index >= 15 is 0 Å². The lowest BCUT2D eigenvalue weighted by Gasteiger charge is -2.11. The first-order valence-electron chi connectivity index (χ1n) is 6.24. The van der Waals surface area contributed by atoms with Gasteiger partial charge in [-0.15, -0.1) is 0 Å². The van der Waals surface area contributed by atoms with Crippen LogP contribution in [0.15, 0.2) is 24.3 Å². The Balaban J connectivity index is 2.28. The average molecular weight is 350 g/mol. The zero-order valence-electron chi connectivity index (χ0n) is 11.1. The molecule has 1 heterocycles. The fraction of sp³-hybridized carbons (Fsp3) is 0.214. The van der Waals surface area contributed by atoms with Gasteiger partial charge in [0, 0.05) is 12.6 Å². The van der Waals surface area contributed by atoms with Gasteiger partial charge < -0.3 is 10.1 Å². The number of nitrogens with zero attached hydrogens (tertiary/aromatic N) is 1. The third-order valence-corrected chi connectivity index (χ3v) is 3.41. The second kappa shape index (κ2) is 7.16. The molecule has 1 aromatic heterocycles. The van der Waals surface area contributed by atoms with E-state index in [-0.39, 0.29) is 21.7 Å². The van der Waals surface area contributed by atoms with Crippen molar-refractivity contribution in [2.75, 3.05) is 11.9 Å². The van der Waals surface area contributed by atoms with Gasteiger partial charge in [-0.05, 0) is 24.6 Å². The van der Waals surface area contributed by atoms with E-state index in [0.717, 1.165) is 12.5 Å². The molecule has 0 atom stereocenters. The topological polar surface area (TPSA) is 34.2 Å². The van der Waals surface area contributed by atoms with Gasteiger partial charge in [-0.25, -0.2) is 4.39 Å². The molecule has 0 radical (unpaired) electrons. The average Bonchev–Trinajstić information content (AvgIpc) is 2.44. The Kier molecular flexibility index (Phi) is 5.51. The predicted octanol–water partition coefficient (Wildman–Crippen LogP) is 5.80. The molecule has 2 rings (SSSR count). The van der Waals surface area contributed by atoms with Crippen LogP contribution in [0.25, 0.3) is 0 Å². The van der Waals surface area contributed by atoms with Crippen molar-refractivity contribution in [3.05, 3.63) is 45.2 Å². The van der Waals surface area contributed by atoms with Crippen LogP contribution >= 0.6 is 34.8 Å². The van der Waals surface area contributed by atoms with Crippen LogP contribution in [-0.2, 0) is 0 Å². The molecule has 0 bridgehead atoms. The molecule has 112 valence electrons. The lowest BCUT2D eigenvalue weighted by Crippen LogP contribution is -2.03. The SMILES string of the molecule is CCCNc1nc(Oc2ccc(Cl)c(F)c2)c(Cl)cc1Cl. The van der Waals surface area contributed by atoms with Crippen LogP contribution < -0.4 is 10.1 Å². The molecule has 0 saturated heterocycles. The summed E-state index contributed by atoms with van der Waals surface area (Å²) in [7, 11) is 0. The third-order valence-electron chi connectivity index (χ3n) is 2.55. The summed E-state index contributed by atoms with van der Waals surface area (Å²) in [5, 5.41) is 3.70. The van der Waals surface area contributed by atoms with Gasteiger partial charge in [0.15, 0.2) is 0 Å². The summed E-state index contributed by atoms with van der Waals surface area (Å²) >= 11 is 17.7. The van der Waals surface area contributed by atoms with Crippen molar-refractivity contribution in [3.63, 3.8) is 0 Å². The van der Waals surface area contributed by atoms with Gasteiger partial charge in [0.25, 0.3) is 0 Å². The zero-order chi connectivity index (χ0) is 15.4. The highest BCUT2D eigenvalue weighted by Gasteiger charge is 2.12. The first kappa shape index (κ1) is 16.1. The minimum atomic E-state index is -0.580. The first-order valence-corrected chi connectivity index (χ1v) is 7.37. The van der Waals surface area contributed by atoms with E-state index in [1.54, 1.807) is 0 Å². The molecule has 3 nitrogen and oxygen atoms in total. The minimum absolute atomic E-state index is 0.0165. The van der Waals surface area contributed by atoms with E-state index in [2.05, 4.69) is 10.3 Å². The van der Waals surface area contributed by atoms with Crippen molar-refractivity contribution in [1.29, 1.82) is 0 Å². The summed E-state index contributed by atoms with van der Waals surface area (Å²) in [6.45, 7) is 2.73. The van der Waals surface area contributed by atoms with Crippen molar-refractivity contribution in [2.45, 2.75) is 13.3 Å². The number of benzene rings is 1. The highest BCUT2D eigenvalue weighted by atomic mass is 35.5. The number of hydrogen-bond acceptors (Lipinski definition) is 3. The Hall–Kier alpha value is -1.23. The van der Waals surface area contributed by atoms with Gasteiger partial charge in [0.2, 0.25) is 5.88 Å². The Morgan fingerprint density at radius 2 is 1.90 bits per heavy atom. The summed E-state index contributed by atoms with van der Waals surface area (Å²) in [4.78, 5) is 4.20. The number of anilines is 1. The Morgan fingerprint density at radius 3 is 2.57 bits per heavy atom. The molecular weight excluding hydrogens is 338 g/mol. The van der Waals surface area contributed by atoms with E-state index in [4.69, 9.17) is 39.5 Å². The second-order valence-corrected chi connectivity index (χ2v) is 5.43. The Labute approximate surface area is 137 Å². The van der Waals surface area contributed by atoms with E-state index in [9.17, 15) is 4.39 Å².